The normalized spacial score (nSPS) is 18.1. The smallest absolute Gasteiger partial charge is 0.276 e. The molecule has 1 atom stereocenters. The summed E-state index contributed by atoms with van der Waals surface area (Å²) in [5, 5.41) is 9.83. The van der Waals surface area contributed by atoms with Crippen LogP contribution in [0.3, 0.4) is 0 Å². The first-order chi connectivity index (χ1) is 11.1. The standard InChI is InChI=1S/C17H20N4O2/c1-12-5-3-7-15(19-12)20-9-10-21(13(2)11-20)17(23)16-14(22)6-4-8-18-16/h3-8,13,22H,9-11H2,1-2H3/t13-/m1/s1. The fourth-order valence-corrected chi connectivity index (χ4v) is 2.87. The van der Waals surface area contributed by atoms with Gasteiger partial charge in [0.05, 0.1) is 0 Å². The first-order valence-electron chi connectivity index (χ1n) is 7.70. The van der Waals surface area contributed by atoms with E-state index in [1.54, 1.807) is 11.0 Å². The van der Waals surface area contributed by atoms with Gasteiger partial charge >= 0.3 is 0 Å². The summed E-state index contributed by atoms with van der Waals surface area (Å²) in [6.07, 6.45) is 1.52. The lowest BCUT2D eigenvalue weighted by Crippen LogP contribution is -2.54. The molecule has 3 rings (SSSR count). The van der Waals surface area contributed by atoms with E-state index in [1.807, 2.05) is 32.0 Å². The number of aryl methyl sites for hydroxylation is 1. The second kappa shape index (κ2) is 6.24. The van der Waals surface area contributed by atoms with Gasteiger partial charge in [-0.25, -0.2) is 9.97 Å². The van der Waals surface area contributed by atoms with Gasteiger partial charge in [0, 0.05) is 37.6 Å². The predicted molar refractivity (Wildman–Crippen MR) is 87.6 cm³/mol. The van der Waals surface area contributed by atoms with Gasteiger partial charge in [-0.3, -0.25) is 4.79 Å². The lowest BCUT2D eigenvalue weighted by molar-refractivity contribution is 0.0664. The Kier molecular flexibility index (Phi) is 4.14. The molecule has 23 heavy (non-hydrogen) atoms. The molecular formula is C17H20N4O2. The highest BCUT2D eigenvalue weighted by atomic mass is 16.3. The van der Waals surface area contributed by atoms with Crippen LogP contribution in [0.4, 0.5) is 5.82 Å². The number of carbonyl (C=O) groups is 1. The topological polar surface area (TPSA) is 69.6 Å². The fraction of sp³-hybridized carbons (Fsp3) is 0.353. The summed E-state index contributed by atoms with van der Waals surface area (Å²) in [5.74, 6) is 0.629. The zero-order chi connectivity index (χ0) is 16.4. The zero-order valence-corrected chi connectivity index (χ0v) is 13.3. The highest BCUT2D eigenvalue weighted by Crippen LogP contribution is 2.21. The Morgan fingerprint density at radius 1 is 1.26 bits per heavy atom. The van der Waals surface area contributed by atoms with Crippen LogP contribution in [0, 0.1) is 6.92 Å². The Labute approximate surface area is 135 Å². The molecule has 0 aliphatic carbocycles. The first-order valence-corrected chi connectivity index (χ1v) is 7.70. The maximum atomic E-state index is 12.6. The van der Waals surface area contributed by atoms with Crippen LogP contribution in [0.5, 0.6) is 5.75 Å². The van der Waals surface area contributed by atoms with Crippen molar-refractivity contribution in [1.82, 2.24) is 14.9 Å². The van der Waals surface area contributed by atoms with E-state index in [0.717, 1.165) is 11.5 Å². The van der Waals surface area contributed by atoms with Crippen molar-refractivity contribution in [3.63, 3.8) is 0 Å². The lowest BCUT2D eigenvalue weighted by Gasteiger charge is -2.40. The van der Waals surface area contributed by atoms with Crippen molar-refractivity contribution in [1.29, 1.82) is 0 Å². The summed E-state index contributed by atoms with van der Waals surface area (Å²) in [7, 11) is 0. The largest absolute Gasteiger partial charge is 0.505 e. The van der Waals surface area contributed by atoms with Crippen LogP contribution in [-0.2, 0) is 0 Å². The molecule has 1 saturated heterocycles. The van der Waals surface area contributed by atoms with Crippen LogP contribution < -0.4 is 4.90 Å². The van der Waals surface area contributed by atoms with Gasteiger partial charge in [-0.1, -0.05) is 6.07 Å². The third kappa shape index (κ3) is 3.11. The van der Waals surface area contributed by atoms with E-state index in [-0.39, 0.29) is 23.4 Å². The molecule has 0 saturated carbocycles. The number of pyridine rings is 2. The van der Waals surface area contributed by atoms with E-state index in [9.17, 15) is 9.90 Å². The molecule has 0 spiro atoms. The molecule has 2 aromatic heterocycles. The minimum absolute atomic E-state index is 0.0139. The third-order valence-electron chi connectivity index (χ3n) is 4.07. The second-order valence-corrected chi connectivity index (χ2v) is 5.80. The van der Waals surface area contributed by atoms with Crippen LogP contribution in [0.2, 0.25) is 0 Å². The summed E-state index contributed by atoms with van der Waals surface area (Å²) in [4.78, 5) is 25.1. The first kappa shape index (κ1) is 15.3. The molecule has 6 heteroatoms. The lowest BCUT2D eigenvalue weighted by atomic mass is 10.1. The molecular weight excluding hydrogens is 292 g/mol. The van der Waals surface area contributed by atoms with E-state index < -0.39 is 0 Å². The SMILES string of the molecule is Cc1cccc(N2CCN(C(=O)c3ncccc3O)[C@H](C)C2)n1. The summed E-state index contributed by atoms with van der Waals surface area (Å²) in [5.41, 5.74) is 1.09. The summed E-state index contributed by atoms with van der Waals surface area (Å²) >= 11 is 0. The molecule has 1 aliphatic heterocycles. The van der Waals surface area contributed by atoms with Gasteiger partial charge in [0.1, 0.15) is 11.6 Å². The van der Waals surface area contributed by atoms with Crippen LogP contribution in [-0.4, -0.2) is 51.6 Å². The number of amides is 1. The second-order valence-electron chi connectivity index (χ2n) is 5.80. The highest BCUT2D eigenvalue weighted by Gasteiger charge is 2.30. The Morgan fingerprint density at radius 2 is 2.09 bits per heavy atom. The van der Waals surface area contributed by atoms with E-state index >= 15 is 0 Å². The average molecular weight is 312 g/mol. The van der Waals surface area contributed by atoms with Gasteiger partial charge < -0.3 is 14.9 Å². The molecule has 0 bridgehead atoms. The number of carbonyl (C=O) groups excluding carboxylic acids is 1. The van der Waals surface area contributed by atoms with E-state index in [4.69, 9.17) is 0 Å². The number of hydrogen-bond acceptors (Lipinski definition) is 5. The Bertz CT molecular complexity index is 719. The monoisotopic (exact) mass is 312 g/mol. The number of anilines is 1. The highest BCUT2D eigenvalue weighted by molar-refractivity contribution is 5.95. The molecule has 1 fully saturated rings. The molecule has 2 aromatic rings. The van der Waals surface area contributed by atoms with Crippen molar-refractivity contribution in [2.24, 2.45) is 0 Å². The van der Waals surface area contributed by atoms with Crippen molar-refractivity contribution in [3.05, 3.63) is 47.9 Å². The van der Waals surface area contributed by atoms with Crippen LogP contribution >= 0.6 is 0 Å². The zero-order valence-electron chi connectivity index (χ0n) is 13.3. The third-order valence-corrected chi connectivity index (χ3v) is 4.07. The molecule has 3 heterocycles. The molecule has 1 N–H and O–H groups in total. The Hall–Kier alpha value is -2.63. The maximum absolute atomic E-state index is 12.6. The van der Waals surface area contributed by atoms with Gasteiger partial charge in [0.25, 0.3) is 5.91 Å². The number of aromatic nitrogens is 2. The van der Waals surface area contributed by atoms with Crippen molar-refractivity contribution in [2.45, 2.75) is 19.9 Å². The minimum atomic E-state index is -0.229. The van der Waals surface area contributed by atoms with Crippen LogP contribution in [0.25, 0.3) is 0 Å². The van der Waals surface area contributed by atoms with Gasteiger partial charge in [-0.15, -0.1) is 0 Å². The summed E-state index contributed by atoms with van der Waals surface area (Å²) in [6.45, 7) is 5.96. The van der Waals surface area contributed by atoms with E-state index in [1.165, 1.54) is 12.3 Å². The van der Waals surface area contributed by atoms with Crippen molar-refractivity contribution in [2.75, 3.05) is 24.5 Å². The molecule has 0 aromatic carbocycles. The number of aromatic hydroxyl groups is 1. The van der Waals surface area contributed by atoms with E-state index in [0.29, 0.717) is 19.6 Å². The van der Waals surface area contributed by atoms with Crippen LogP contribution in [0.1, 0.15) is 23.1 Å². The van der Waals surface area contributed by atoms with Gasteiger partial charge in [-0.2, -0.15) is 0 Å². The molecule has 6 nitrogen and oxygen atoms in total. The summed E-state index contributed by atoms with van der Waals surface area (Å²) in [6, 6.07) is 9.05. The van der Waals surface area contributed by atoms with E-state index in [2.05, 4.69) is 14.9 Å². The minimum Gasteiger partial charge on any atom is -0.505 e. The molecule has 1 amide bonds. The average Bonchev–Trinajstić information content (AvgIpc) is 2.54. The Morgan fingerprint density at radius 3 is 2.78 bits per heavy atom. The molecule has 0 unspecified atom stereocenters. The summed E-state index contributed by atoms with van der Waals surface area (Å²) < 4.78 is 0. The number of hydrogen-bond donors (Lipinski definition) is 1. The number of rotatable bonds is 2. The quantitative estimate of drug-likeness (QED) is 0.916. The van der Waals surface area contributed by atoms with Crippen LogP contribution in [0.15, 0.2) is 36.5 Å². The van der Waals surface area contributed by atoms with Crippen molar-refractivity contribution >= 4 is 11.7 Å². The van der Waals surface area contributed by atoms with Gasteiger partial charge in [0.2, 0.25) is 0 Å². The number of piperazine rings is 1. The molecule has 1 aliphatic rings. The number of nitrogens with zero attached hydrogens (tertiary/aromatic N) is 4. The van der Waals surface area contributed by atoms with Gasteiger partial charge in [0.15, 0.2) is 5.69 Å². The van der Waals surface area contributed by atoms with Crippen molar-refractivity contribution < 1.29 is 9.90 Å². The van der Waals surface area contributed by atoms with Gasteiger partial charge in [-0.05, 0) is 38.1 Å². The predicted octanol–water partition coefficient (Wildman–Crippen LogP) is 1.84. The molecule has 120 valence electrons. The molecule has 0 radical (unpaired) electrons. The Balaban J connectivity index is 1.74. The maximum Gasteiger partial charge on any atom is 0.276 e. The fourth-order valence-electron chi connectivity index (χ4n) is 2.87. The van der Waals surface area contributed by atoms with Crippen molar-refractivity contribution in [3.8, 4) is 5.75 Å².